The van der Waals surface area contributed by atoms with E-state index in [1.807, 2.05) is 51.1 Å². The first-order valence-corrected chi connectivity index (χ1v) is 7.16. The molecule has 0 radical (unpaired) electrons. The Morgan fingerprint density at radius 2 is 1.71 bits per heavy atom. The largest absolute Gasteiger partial charge is 0.488 e. The smallest absolute Gasteiger partial charge is 0.138 e. The first kappa shape index (κ1) is 13.7. The van der Waals surface area contributed by atoms with Crippen molar-refractivity contribution < 1.29 is 4.74 Å². The fourth-order valence-corrected chi connectivity index (χ4v) is 2.29. The molecule has 0 spiro atoms. The van der Waals surface area contributed by atoms with E-state index in [9.17, 15) is 0 Å². The van der Waals surface area contributed by atoms with Gasteiger partial charge in [0.15, 0.2) is 0 Å². The summed E-state index contributed by atoms with van der Waals surface area (Å²) in [4.78, 5) is 8.00. The van der Waals surface area contributed by atoms with Crippen molar-refractivity contribution in [2.45, 2.75) is 33.3 Å². The van der Waals surface area contributed by atoms with Gasteiger partial charge in [0.2, 0.25) is 0 Å². The number of imidazole rings is 1. The second kappa shape index (κ2) is 4.92. The lowest BCUT2D eigenvalue weighted by atomic mass is 10.1. The molecule has 108 valence electrons. The summed E-state index contributed by atoms with van der Waals surface area (Å²) in [6.45, 7) is 8.21. The van der Waals surface area contributed by atoms with Gasteiger partial charge < -0.3 is 9.72 Å². The minimum Gasteiger partial charge on any atom is -0.488 e. The van der Waals surface area contributed by atoms with Crippen LogP contribution in [0.25, 0.3) is 22.4 Å². The third-order valence-electron chi connectivity index (χ3n) is 3.19. The van der Waals surface area contributed by atoms with Crippen LogP contribution in [0.4, 0.5) is 0 Å². The number of hydrogen-bond acceptors (Lipinski definition) is 2. The first-order chi connectivity index (χ1) is 9.90. The number of ether oxygens (including phenoxy) is 1. The number of nitrogens with zero attached hydrogens (tertiary/aromatic N) is 1. The van der Waals surface area contributed by atoms with Gasteiger partial charge >= 0.3 is 0 Å². The van der Waals surface area contributed by atoms with Gasteiger partial charge in [0.25, 0.3) is 0 Å². The first-order valence-electron chi connectivity index (χ1n) is 7.16. The van der Waals surface area contributed by atoms with Gasteiger partial charge in [-0.25, -0.2) is 4.98 Å². The maximum Gasteiger partial charge on any atom is 0.138 e. The van der Waals surface area contributed by atoms with Gasteiger partial charge in [0.1, 0.15) is 17.2 Å². The quantitative estimate of drug-likeness (QED) is 0.737. The molecule has 1 N–H and O–H groups in total. The molecule has 3 heteroatoms. The third kappa shape index (κ3) is 3.07. The van der Waals surface area contributed by atoms with E-state index in [0.29, 0.717) is 0 Å². The molecule has 3 rings (SSSR count). The van der Waals surface area contributed by atoms with E-state index in [-0.39, 0.29) is 5.60 Å². The second-order valence-electron chi connectivity index (χ2n) is 6.34. The molecule has 3 aromatic rings. The second-order valence-corrected chi connectivity index (χ2v) is 6.34. The maximum absolute atomic E-state index is 5.84. The van der Waals surface area contributed by atoms with Crippen LogP contribution in [0, 0.1) is 6.92 Å². The zero-order valence-electron chi connectivity index (χ0n) is 12.9. The number of benzene rings is 2. The van der Waals surface area contributed by atoms with Gasteiger partial charge in [0.05, 0.1) is 11.0 Å². The molecule has 21 heavy (non-hydrogen) atoms. The lowest BCUT2D eigenvalue weighted by Gasteiger charge is -2.21. The Labute approximate surface area is 125 Å². The van der Waals surface area contributed by atoms with Crippen LogP contribution in [-0.4, -0.2) is 15.6 Å². The van der Waals surface area contributed by atoms with Crippen LogP contribution < -0.4 is 4.74 Å². The third-order valence-corrected chi connectivity index (χ3v) is 3.19. The van der Waals surface area contributed by atoms with Gasteiger partial charge in [-0.3, -0.25) is 0 Å². The summed E-state index contributed by atoms with van der Waals surface area (Å²) in [5.41, 5.74) is 4.17. The average Bonchev–Trinajstić information content (AvgIpc) is 2.80. The van der Waals surface area contributed by atoms with Crippen LogP contribution in [-0.2, 0) is 0 Å². The predicted octanol–water partition coefficient (Wildman–Crippen LogP) is 4.72. The summed E-state index contributed by atoms with van der Waals surface area (Å²) < 4.78 is 5.84. The molecule has 0 bridgehead atoms. The Kier molecular flexibility index (Phi) is 3.20. The summed E-state index contributed by atoms with van der Waals surface area (Å²) in [6.07, 6.45) is 0. The molecule has 0 unspecified atom stereocenters. The van der Waals surface area contributed by atoms with E-state index in [1.54, 1.807) is 0 Å². The molecule has 2 aromatic carbocycles. The minimum absolute atomic E-state index is 0.182. The topological polar surface area (TPSA) is 37.9 Å². The van der Waals surface area contributed by atoms with Gasteiger partial charge in [-0.1, -0.05) is 6.07 Å². The Hall–Kier alpha value is -2.29. The Morgan fingerprint density at radius 3 is 2.38 bits per heavy atom. The van der Waals surface area contributed by atoms with Crippen molar-refractivity contribution in [3.63, 3.8) is 0 Å². The van der Waals surface area contributed by atoms with Gasteiger partial charge in [-0.15, -0.1) is 0 Å². The fourth-order valence-electron chi connectivity index (χ4n) is 2.29. The molecule has 0 amide bonds. The van der Waals surface area contributed by atoms with Crippen molar-refractivity contribution in [3.8, 4) is 17.1 Å². The number of rotatable bonds is 2. The van der Waals surface area contributed by atoms with Gasteiger partial charge in [-0.05, 0) is 69.7 Å². The van der Waals surface area contributed by atoms with E-state index < -0.39 is 0 Å². The van der Waals surface area contributed by atoms with Crippen LogP contribution in [0.5, 0.6) is 5.75 Å². The minimum atomic E-state index is -0.182. The van der Waals surface area contributed by atoms with E-state index in [0.717, 1.165) is 28.2 Å². The number of nitrogens with one attached hydrogen (secondary N) is 1. The van der Waals surface area contributed by atoms with Crippen LogP contribution in [0.2, 0.25) is 0 Å². The van der Waals surface area contributed by atoms with E-state index in [1.165, 1.54) is 5.56 Å². The fraction of sp³-hybridized carbons (Fsp3) is 0.278. The number of fused-ring (bicyclic) bond motifs is 1. The number of H-pyrrole nitrogens is 1. The lowest BCUT2D eigenvalue weighted by molar-refractivity contribution is 0.131. The molecule has 0 aliphatic heterocycles. The van der Waals surface area contributed by atoms with E-state index in [2.05, 4.69) is 29.0 Å². The zero-order chi connectivity index (χ0) is 15.0. The standard InChI is InChI=1S/C18H20N2O/c1-12-5-10-15-16(11-12)20-17(19-15)13-6-8-14(9-7-13)21-18(2,3)4/h5-11H,1-4H3,(H,19,20). The molecule has 0 aliphatic carbocycles. The highest BCUT2D eigenvalue weighted by Crippen LogP contribution is 2.25. The van der Waals surface area contributed by atoms with Crippen LogP contribution in [0.1, 0.15) is 26.3 Å². The van der Waals surface area contributed by atoms with Crippen molar-refractivity contribution in [2.24, 2.45) is 0 Å². The molecule has 0 fully saturated rings. The Balaban J connectivity index is 1.91. The monoisotopic (exact) mass is 280 g/mol. The summed E-state index contributed by atoms with van der Waals surface area (Å²) >= 11 is 0. The molecule has 3 nitrogen and oxygen atoms in total. The normalized spacial score (nSPS) is 11.8. The average molecular weight is 280 g/mol. The molecule has 0 aliphatic rings. The number of aromatic nitrogens is 2. The molecular weight excluding hydrogens is 260 g/mol. The van der Waals surface area contributed by atoms with Gasteiger partial charge in [0, 0.05) is 5.56 Å². The van der Waals surface area contributed by atoms with Crippen molar-refractivity contribution in [1.82, 2.24) is 9.97 Å². The predicted molar refractivity (Wildman–Crippen MR) is 86.6 cm³/mol. The lowest BCUT2D eigenvalue weighted by Crippen LogP contribution is -2.22. The summed E-state index contributed by atoms with van der Waals surface area (Å²) in [5.74, 6) is 1.76. The molecule has 1 heterocycles. The van der Waals surface area contributed by atoms with Crippen LogP contribution >= 0.6 is 0 Å². The van der Waals surface area contributed by atoms with Crippen molar-refractivity contribution in [3.05, 3.63) is 48.0 Å². The summed E-state index contributed by atoms with van der Waals surface area (Å²) in [5, 5.41) is 0. The number of aromatic amines is 1. The SMILES string of the molecule is Cc1ccc2nc(-c3ccc(OC(C)(C)C)cc3)[nH]c2c1. The molecule has 0 saturated carbocycles. The highest BCUT2D eigenvalue weighted by Gasteiger charge is 2.12. The van der Waals surface area contributed by atoms with Crippen molar-refractivity contribution in [2.75, 3.05) is 0 Å². The molecule has 0 atom stereocenters. The van der Waals surface area contributed by atoms with Crippen molar-refractivity contribution in [1.29, 1.82) is 0 Å². The number of aryl methyl sites for hydroxylation is 1. The highest BCUT2D eigenvalue weighted by molar-refractivity contribution is 5.80. The maximum atomic E-state index is 5.84. The van der Waals surface area contributed by atoms with E-state index >= 15 is 0 Å². The summed E-state index contributed by atoms with van der Waals surface area (Å²) in [6, 6.07) is 14.3. The molecule has 0 saturated heterocycles. The van der Waals surface area contributed by atoms with Crippen LogP contribution in [0.15, 0.2) is 42.5 Å². The highest BCUT2D eigenvalue weighted by atomic mass is 16.5. The zero-order valence-corrected chi connectivity index (χ0v) is 12.9. The van der Waals surface area contributed by atoms with Crippen molar-refractivity contribution >= 4 is 11.0 Å². The Morgan fingerprint density at radius 1 is 1.00 bits per heavy atom. The number of hydrogen-bond donors (Lipinski definition) is 1. The molecular formula is C18H20N2O. The molecule has 1 aromatic heterocycles. The summed E-state index contributed by atoms with van der Waals surface area (Å²) in [7, 11) is 0. The van der Waals surface area contributed by atoms with Crippen LogP contribution in [0.3, 0.4) is 0 Å². The van der Waals surface area contributed by atoms with Gasteiger partial charge in [-0.2, -0.15) is 0 Å². The van der Waals surface area contributed by atoms with E-state index in [4.69, 9.17) is 4.74 Å². The Bertz CT molecular complexity index is 764.